The van der Waals surface area contributed by atoms with Crippen molar-refractivity contribution in [2.75, 3.05) is 0 Å². The zero-order chi connectivity index (χ0) is 16.0. The normalized spacial score (nSPS) is 11.3. The van der Waals surface area contributed by atoms with Crippen LogP contribution in [0.25, 0.3) is 21.0 Å². The second-order valence-electron chi connectivity index (χ2n) is 5.24. The Hall–Kier alpha value is -1.76. The molecular weight excluding hydrogens is 392 g/mol. The van der Waals surface area contributed by atoms with Crippen molar-refractivity contribution in [2.24, 2.45) is 0 Å². The Bertz CT molecular complexity index is 1160. The molecule has 2 aromatic carbocycles. The van der Waals surface area contributed by atoms with Crippen molar-refractivity contribution in [3.05, 3.63) is 73.0 Å². The molecule has 1 N–H and O–H groups in total. The molecule has 0 unspecified atom stereocenters. The van der Waals surface area contributed by atoms with Crippen molar-refractivity contribution in [3.63, 3.8) is 0 Å². The van der Waals surface area contributed by atoms with Crippen LogP contribution in [0.4, 0.5) is 0 Å². The number of aromatic nitrogens is 2. The quantitative estimate of drug-likeness (QED) is 0.474. The van der Waals surface area contributed by atoms with E-state index >= 15 is 0 Å². The molecule has 0 saturated carbocycles. The van der Waals surface area contributed by atoms with Crippen LogP contribution in [0.2, 0.25) is 0 Å². The first kappa shape index (κ1) is 14.8. The van der Waals surface area contributed by atoms with Crippen molar-refractivity contribution in [3.8, 4) is 0 Å². The van der Waals surface area contributed by atoms with Crippen LogP contribution in [0.5, 0.6) is 0 Å². The number of rotatable bonds is 2. The van der Waals surface area contributed by atoms with E-state index in [4.69, 9.17) is 12.2 Å². The number of halogens is 1. The van der Waals surface area contributed by atoms with Crippen LogP contribution in [-0.2, 0) is 6.54 Å². The topological polar surface area (TPSA) is 37.8 Å². The predicted molar refractivity (Wildman–Crippen MR) is 102 cm³/mol. The molecule has 0 radical (unpaired) electrons. The van der Waals surface area contributed by atoms with Gasteiger partial charge in [0.1, 0.15) is 4.83 Å². The highest BCUT2D eigenvalue weighted by molar-refractivity contribution is 9.10. The summed E-state index contributed by atoms with van der Waals surface area (Å²) >= 11 is 10.5. The maximum Gasteiger partial charge on any atom is 0.263 e. The van der Waals surface area contributed by atoms with Gasteiger partial charge in [-0.15, -0.1) is 11.3 Å². The average Bonchev–Trinajstić information content (AvgIpc) is 3.02. The lowest BCUT2D eigenvalue weighted by molar-refractivity contribution is 0.739. The van der Waals surface area contributed by atoms with Crippen molar-refractivity contribution in [2.45, 2.75) is 6.54 Å². The van der Waals surface area contributed by atoms with E-state index in [9.17, 15) is 4.79 Å². The summed E-state index contributed by atoms with van der Waals surface area (Å²) in [4.78, 5) is 16.7. The van der Waals surface area contributed by atoms with Gasteiger partial charge in [-0.3, -0.25) is 9.36 Å². The minimum Gasteiger partial charge on any atom is -0.323 e. The molecule has 6 heteroatoms. The molecule has 0 aliphatic rings. The zero-order valence-electron chi connectivity index (χ0n) is 11.9. The second-order valence-corrected chi connectivity index (χ2v) is 7.39. The molecule has 0 aliphatic heterocycles. The van der Waals surface area contributed by atoms with Gasteiger partial charge in [-0.05, 0) is 46.1 Å². The van der Waals surface area contributed by atoms with Gasteiger partial charge in [-0.2, -0.15) is 0 Å². The summed E-state index contributed by atoms with van der Waals surface area (Å²) in [6, 6.07) is 14.0. The average molecular weight is 403 g/mol. The van der Waals surface area contributed by atoms with Crippen LogP contribution in [0, 0.1) is 4.77 Å². The smallest absolute Gasteiger partial charge is 0.263 e. The van der Waals surface area contributed by atoms with Gasteiger partial charge < -0.3 is 4.98 Å². The molecule has 114 valence electrons. The highest BCUT2D eigenvalue weighted by Gasteiger charge is 2.10. The fourth-order valence-electron chi connectivity index (χ4n) is 2.75. The lowest BCUT2D eigenvalue weighted by Crippen LogP contribution is -2.22. The molecule has 0 bridgehead atoms. The Morgan fingerprint density at radius 1 is 1.09 bits per heavy atom. The summed E-state index contributed by atoms with van der Waals surface area (Å²) in [6.07, 6.45) is 0. The number of benzene rings is 2. The molecule has 2 heterocycles. The highest BCUT2D eigenvalue weighted by Crippen LogP contribution is 2.27. The van der Waals surface area contributed by atoms with Gasteiger partial charge in [0.25, 0.3) is 5.56 Å². The van der Waals surface area contributed by atoms with E-state index in [-0.39, 0.29) is 5.56 Å². The Morgan fingerprint density at radius 3 is 2.70 bits per heavy atom. The fourth-order valence-corrected chi connectivity index (χ4v) is 4.32. The minimum absolute atomic E-state index is 0.0444. The lowest BCUT2D eigenvalue weighted by atomic mass is 10.0. The molecule has 23 heavy (non-hydrogen) atoms. The summed E-state index contributed by atoms with van der Waals surface area (Å²) < 4.78 is 3.12. The van der Waals surface area contributed by atoms with Crippen molar-refractivity contribution in [1.82, 2.24) is 9.55 Å². The molecule has 0 spiro atoms. The molecule has 4 aromatic rings. The monoisotopic (exact) mass is 402 g/mol. The molecule has 0 saturated heterocycles. The van der Waals surface area contributed by atoms with Crippen LogP contribution >= 0.6 is 39.5 Å². The van der Waals surface area contributed by atoms with Gasteiger partial charge in [0.05, 0.1) is 11.9 Å². The number of nitrogens with one attached hydrogen (secondary N) is 1. The van der Waals surface area contributed by atoms with Gasteiger partial charge in [-0.1, -0.05) is 46.3 Å². The maximum atomic E-state index is 12.7. The summed E-state index contributed by atoms with van der Waals surface area (Å²) in [7, 11) is 0. The zero-order valence-corrected chi connectivity index (χ0v) is 15.1. The van der Waals surface area contributed by atoms with Gasteiger partial charge >= 0.3 is 0 Å². The summed E-state index contributed by atoms with van der Waals surface area (Å²) in [5.74, 6) is 0. The molecule has 2 aromatic heterocycles. The third-order valence-electron chi connectivity index (χ3n) is 3.90. The van der Waals surface area contributed by atoms with E-state index in [0.717, 1.165) is 25.6 Å². The van der Waals surface area contributed by atoms with Gasteiger partial charge in [0.2, 0.25) is 0 Å². The van der Waals surface area contributed by atoms with Crippen LogP contribution in [0.3, 0.4) is 0 Å². The van der Waals surface area contributed by atoms with Gasteiger partial charge in [0.15, 0.2) is 4.77 Å². The van der Waals surface area contributed by atoms with Crippen molar-refractivity contribution in [1.29, 1.82) is 0 Å². The first-order chi connectivity index (χ1) is 11.1. The molecule has 0 atom stereocenters. The van der Waals surface area contributed by atoms with E-state index in [1.165, 1.54) is 11.3 Å². The highest BCUT2D eigenvalue weighted by atomic mass is 79.9. The first-order valence-corrected chi connectivity index (χ1v) is 9.09. The standard InChI is InChI=1S/C17H11BrN2OS2/c18-14-6-5-10(11-3-1-2-4-12(11)14)9-20-16(21)13-7-8-23-15(13)19-17(20)22/h1-8H,9H2,(H,19,22). The van der Waals surface area contributed by atoms with Crippen molar-refractivity contribution < 1.29 is 0 Å². The number of thiophene rings is 1. The molecule has 0 aliphatic carbocycles. The minimum atomic E-state index is -0.0444. The molecule has 0 fully saturated rings. The van der Waals surface area contributed by atoms with Crippen LogP contribution in [-0.4, -0.2) is 9.55 Å². The molecule has 4 rings (SSSR count). The molecule has 0 amide bonds. The lowest BCUT2D eigenvalue weighted by Gasteiger charge is -2.10. The molecule has 3 nitrogen and oxygen atoms in total. The largest absolute Gasteiger partial charge is 0.323 e. The molecular formula is C17H11BrN2OS2. The van der Waals surface area contributed by atoms with Crippen LogP contribution < -0.4 is 5.56 Å². The Balaban J connectivity index is 1.94. The maximum absolute atomic E-state index is 12.7. The van der Waals surface area contributed by atoms with E-state index in [1.54, 1.807) is 4.57 Å². The van der Waals surface area contributed by atoms with Crippen molar-refractivity contribution >= 4 is 60.5 Å². The number of nitrogens with zero attached hydrogens (tertiary/aromatic N) is 1. The first-order valence-electron chi connectivity index (χ1n) is 7.01. The van der Waals surface area contributed by atoms with E-state index in [1.807, 2.05) is 35.7 Å². The summed E-state index contributed by atoms with van der Waals surface area (Å²) in [6.45, 7) is 0.452. The van der Waals surface area contributed by atoms with E-state index in [0.29, 0.717) is 16.7 Å². The Kier molecular flexibility index (Phi) is 3.67. The van der Waals surface area contributed by atoms with Gasteiger partial charge in [0, 0.05) is 4.47 Å². The van der Waals surface area contributed by atoms with E-state index in [2.05, 4.69) is 33.0 Å². The number of aromatic amines is 1. The number of hydrogen-bond acceptors (Lipinski definition) is 3. The summed E-state index contributed by atoms with van der Waals surface area (Å²) in [5.41, 5.74) is 1.02. The van der Waals surface area contributed by atoms with Crippen LogP contribution in [0.1, 0.15) is 5.56 Å². The second kappa shape index (κ2) is 5.70. The Morgan fingerprint density at radius 2 is 1.87 bits per heavy atom. The van der Waals surface area contributed by atoms with Crippen LogP contribution in [0.15, 0.2) is 57.1 Å². The summed E-state index contributed by atoms with van der Waals surface area (Å²) in [5, 5.41) is 4.83. The van der Waals surface area contributed by atoms with E-state index < -0.39 is 0 Å². The third-order valence-corrected chi connectivity index (χ3v) is 5.74. The van der Waals surface area contributed by atoms with Gasteiger partial charge in [-0.25, -0.2) is 0 Å². The third kappa shape index (κ3) is 2.47. The fraction of sp³-hybridized carbons (Fsp3) is 0.0588. The predicted octanol–water partition coefficient (Wildman–Crippen LogP) is 5.08. The number of fused-ring (bicyclic) bond motifs is 2. The SMILES string of the molecule is O=c1c2ccsc2[nH]c(=S)n1Cc1ccc(Br)c2ccccc12. The number of H-pyrrole nitrogens is 1. The number of hydrogen-bond donors (Lipinski definition) is 1. The Labute approximate surface area is 149 Å².